The van der Waals surface area contributed by atoms with Crippen molar-refractivity contribution in [1.29, 1.82) is 5.41 Å². The molecule has 2 N–H and O–H groups in total. The van der Waals surface area contributed by atoms with E-state index in [1.165, 1.54) is 0 Å². The minimum Gasteiger partial charge on any atom is -0.454 e. The lowest BCUT2D eigenvalue weighted by molar-refractivity contribution is 0.174. The minimum absolute atomic E-state index is 0.135. The summed E-state index contributed by atoms with van der Waals surface area (Å²) < 4.78 is 10.6. The number of nitrogens with one attached hydrogen (secondary N) is 2. The molecular weight excluding hydrogens is 282 g/mol. The molecule has 20 heavy (non-hydrogen) atoms. The molecule has 1 atom stereocenters. The number of urea groups is 1. The van der Waals surface area contributed by atoms with E-state index in [4.69, 9.17) is 26.5 Å². The first-order chi connectivity index (χ1) is 9.61. The summed E-state index contributed by atoms with van der Waals surface area (Å²) in [5, 5.41) is 10.9. The highest BCUT2D eigenvalue weighted by Crippen LogP contribution is 2.42. The third-order valence-corrected chi connectivity index (χ3v) is 3.60. The topological polar surface area (TPSA) is 74.7 Å². The summed E-state index contributed by atoms with van der Waals surface area (Å²) in [5.74, 6) is 1.22. The highest BCUT2D eigenvalue weighted by atomic mass is 35.5. The average molecular weight is 296 g/mol. The van der Waals surface area contributed by atoms with Gasteiger partial charge in [-0.3, -0.25) is 10.7 Å². The predicted molar refractivity (Wildman–Crippen MR) is 73.6 cm³/mol. The van der Waals surface area contributed by atoms with Crippen LogP contribution in [-0.4, -0.2) is 30.1 Å². The van der Waals surface area contributed by atoms with Gasteiger partial charge in [0.15, 0.2) is 11.5 Å². The SMILES string of the molecule is CCCN1C(=O)NC(=N)C1c1cc(Cl)c2c(c1)OCO2. The first kappa shape index (κ1) is 13.1. The molecule has 1 aromatic rings. The van der Waals surface area contributed by atoms with Gasteiger partial charge in [-0.05, 0) is 24.1 Å². The summed E-state index contributed by atoms with van der Waals surface area (Å²) in [6.45, 7) is 2.69. The van der Waals surface area contributed by atoms with E-state index >= 15 is 0 Å². The standard InChI is InChI=1S/C13H14ClN3O3/c1-2-3-17-10(12(15)16-13(17)18)7-4-8(14)11-9(5-7)19-6-20-11/h4-5,10H,2-3,6H2,1H3,(H2,15,16,18). The van der Waals surface area contributed by atoms with Crippen LogP contribution in [0, 0.1) is 5.41 Å². The van der Waals surface area contributed by atoms with Crippen molar-refractivity contribution in [2.45, 2.75) is 19.4 Å². The molecule has 0 saturated carbocycles. The predicted octanol–water partition coefficient (Wildman–Crippen LogP) is 2.52. The minimum atomic E-state index is -0.450. The lowest BCUT2D eigenvalue weighted by Gasteiger charge is -2.22. The summed E-state index contributed by atoms with van der Waals surface area (Å²) in [6, 6.07) is 2.79. The molecule has 2 heterocycles. The molecule has 2 aliphatic heterocycles. The Hall–Kier alpha value is -1.95. The van der Waals surface area contributed by atoms with Gasteiger partial charge < -0.3 is 14.4 Å². The van der Waals surface area contributed by atoms with E-state index < -0.39 is 6.04 Å². The average Bonchev–Trinajstić information content (AvgIpc) is 2.96. The molecule has 106 valence electrons. The molecular formula is C13H14ClN3O3. The zero-order valence-electron chi connectivity index (χ0n) is 10.9. The van der Waals surface area contributed by atoms with Gasteiger partial charge in [0.2, 0.25) is 6.79 Å². The Bertz CT molecular complexity index is 590. The van der Waals surface area contributed by atoms with E-state index in [0.29, 0.717) is 23.1 Å². The summed E-state index contributed by atoms with van der Waals surface area (Å²) in [6.07, 6.45) is 0.815. The molecule has 1 unspecified atom stereocenters. The fourth-order valence-corrected chi connectivity index (χ4v) is 2.77. The number of rotatable bonds is 3. The van der Waals surface area contributed by atoms with Crippen LogP contribution < -0.4 is 14.8 Å². The van der Waals surface area contributed by atoms with Crippen molar-refractivity contribution in [3.8, 4) is 11.5 Å². The van der Waals surface area contributed by atoms with Gasteiger partial charge in [0, 0.05) is 6.54 Å². The van der Waals surface area contributed by atoms with Gasteiger partial charge in [-0.25, -0.2) is 4.79 Å². The van der Waals surface area contributed by atoms with E-state index in [2.05, 4.69) is 5.32 Å². The number of hydrogen-bond acceptors (Lipinski definition) is 4. The number of benzene rings is 1. The number of ether oxygens (including phenoxy) is 2. The van der Waals surface area contributed by atoms with E-state index in [0.717, 1.165) is 12.0 Å². The molecule has 1 aromatic carbocycles. The summed E-state index contributed by atoms with van der Waals surface area (Å²) in [5.41, 5.74) is 0.746. The van der Waals surface area contributed by atoms with Gasteiger partial charge in [0.05, 0.1) is 5.02 Å². The Labute approximate surface area is 121 Å². The number of amidine groups is 1. The number of carbonyl (C=O) groups excluding carboxylic acids is 1. The maximum atomic E-state index is 11.9. The van der Waals surface area contributed by atoms with Crippen LogP contribution in [0.15, 0.2) is 12.1 Å². The molecule has 3 rings (SSSR count). The van der Waals surface area contributed by atoms with Crippen molar-refractivity contribution in [3.63, 3.8) is 0 Å². The van der Waals surface area contributed by atoms with Crippen LogP contribution >= 0.6 is 11.6 Å². The number of hydrogen-bond donors (Lipinski definition) is 2. The van der Waals surface area contributed by atoms with Crippen LogP contribution in [-0.2, 0) is 0 Å². The molecule has 1 saturated heterocycles. The lowest BCUT2D eigenvalue weighted by Crippen LogP contribution is -2.30. The first-order valence-corrected chi connectivity index (χ1v) is 6.74. The lowest BCUT2D eigenvalue weighted by atomic mass is 10.0. The Morgan fingerprint density at radius 3 is 3.05 bits per heavy atom. The molecule has 0 aliphatic carbocycles. The van der Waals surface area contributed by atoms with Crippen LogP contribution in [0.3, 0.4) is 0 Å². The summed E-state index contributed by atoms with van der Waals surface area (Å²) >= 11 is 6.16. The van der Waals surface area contributed by atoms with Crippen LogP contribution in [0.25, 0.3) is 0 Å². The van der Waals surface area contributed by atoms with Crippen molar-refractivity contribution >= 4 is 23.5 Å². The second-order valence-electron chi connectivity index (χ2n) is 4.68. The monoisotopic (exact) mass is 295 g/mol. The Balaban J connectivity index is 2.01. The first-order valence-electron chi connectivity index (χ1n) is 6.37. The van der Waals surface area contributed by atoms with Gasteiger partial charge in [-0.15, -0.1) is 0 Å². The second-order valence-corrected chi connectivity index (χ2v) is 5.08. The van der Waals surface area contributed by atoms with Gasteiger partial charge in [-0.2, -0.15) is 0 Å². The second kappa shape index (κ2) is 4.86. The molecule has 0 bridgehead atoms. The zero-order valence-corrected chi connectivity index (χ0v) is 11.7. The largest absolute Gasteiger partial charge is 0.454 e. The van der Waals surface area contributed by atoms with Crippen LogP contribution in [0.5, 0.6) is 11.5 Å². The van der Waals surface area contributed by atoms with Crippen molar-refractivity contribution in [3.05, 3.63) is 22.7 Å². The van der Waals surface area contributed by atoms with Gasteiger partial charge in [0.25, 0.3) is 0 Å². The zero-order chi connectivity index (χ0) is 14.3. The fraction of sp³-hybridized carbons (Fsp3) is 0.385. The van der Waals surface area contributed by atoms with Crippen LogP contribution in [0.1, 0.15) is 24.9 Å². The van der Waals surface area contributed by atoms with Crippen molar-refractivity contribution in [1.82, 2.24) is 10.2 Å². The third kappa shape index (κ3) is 1.96. The summed E-state index contributed by atoms with van der Waals surface area (Å²) in [4.78, 5) is 13.5. The maximum Gasteiger partial charge on any atom is 0.323 e. The quantitative estimate of drug-likeness (QED) is 0.900. The van der Waals surface area contributed by atoms with E-state index in [1.807, 2.05) is 6.92 Å². The molecule has 7 heteroatoms. The molecule has 0 radical (unpaired) electrons. The maximum absolute atomic E-state index is 11.9. The highest BCUT2D eigenvalue weighted by molar-refractivity contribution is 6.32. The van der Waals surface area contributed by atoms with E-state index in [-0.39, 0.29) is 18.7 Å². The van der Waals surface area contributed by atoms with Crippen LogP contribution in [0.2, 0.25) is 5.02 Å². The Morgan fingerprint density at radius 2 is 2.30 bits per heavy atom. The molecule has 6 nitrogen and oxygen atoms in total. The van der Waals surface area contributed by atoms with E-state index in [9.17, 15) is 4.79 Å². The Morgan fingerprint density at radius 1 is 1.50 bits per heavy atom. The van der Waals surface area contributed by atoms with Gasteiger partial charge in [0.1, 0.15) is 11.9 Å². The molecule has 0 spiro atoms. The molecule has 2 amide bonds. The van der Waals surface area contributed by atoms with E-state index in [1.54, 1.807) is 17.0 Å². The van der Waals surface area contributed by atoms with Crippen molar-refractivity contribution < 1.29 is 14.3 Å². The van der Waals surface area contributed by atoms with Crippen molar-refractivity contribution in [2.24, 2.45) is 0 Å². The molecule has 2 aliphatic rings. The molecule has 0 aromatic heterocycles. The normalized spacial score (nSPS) is 20.5. The fourth-order valence-electron chi connectivity index (χ4n) is 2.49. The van der Waals surface area contributed by atoms with Crippen molar-refractivity contribution in [2.75, 3.05) is 13.3 Å². The van der Waals surface area contributed by atoms with Crippen LogP contribution in [0.4, 0.5) is 4.79 Å². The number of amides is 2. The van der Waals surface area contributed by atoms with Gasteiger partial charge >= 0.3 is 6.03 Å². The summed E-state index contributed by atoms with van der Waals surface area (Å²) in [7, 11) is 0. The number of nitrogens with zero attached hydrogens (tertiary/aromatic N) is 1. The smallest absolute Gasteiger partial charge is 0.323 e. The van der Waals surface area contributed by atoms with Gasteiger partial charge in [-0.1, -0.05) is 18.5 Å². The number of fused-ring (bicyclic) bond motifs is 1. The Kier molecular flexibility index (Phi) is 3.17. The number of halogens is 1. The number of carbonyl (C=O) groups is 1. The third-order valence-electron chi connectivity index (χ3n) is 3.32. The molecule has 1 fully saturated rings. The highest BCUT2D eigenvalue weighted by Gasteiger charge is 2.37.